The molecule has 0 aromatic heterocycles. The van der Waals surface area contributed by atoms with E-state index in [0.29, 0.717) is 48.7 Å². The van der Waals surface area contributed by atoms with Crippen LogP contribution in [0, 0.1) is 0 Å². The fourth-order valence-corrected chi connectivity index (χ4v) is 20.0. The van der Waals surface area contributed by atoms with Crippen molar-refractivity contribution in [2.75, 3.05) is 74.2 Å². The van der Waals surface area contributed by atoms with Gasteiger partial charge in [-0.1, -0.05) is 468 Å². The molecule has 1 aliphatic rings. The van der Waals surface area contributed by atoms with E-state index in [-0.39, 0.29) is 58.4 Å². The number of unbranched alkanes of at least 4 members (excludes halogenated alkanes) is 60. The molecule has 4 aromatic carbocycles. The molecule has 0 atom stereocenters. The predicted molar refractivity (Wildman–Crippen MR) is 581 cm³/mol. The van der Waals surface area contributed by atoms with Crippen molar-refractivity contribution in [2.45, 2.75) is 516 Å². The number of aryl methyl sites for hydroxylation is 4. The topological polar surface area (TPSA) is 221 Å². The minimum Gasteiger partial charge on any atom is -0.489 e. The Hall–Kier alpha value is -7.89. The van der Waals surface area contributed by atoms with Crippen LogP contribution in [-0.4, -0.2) is 116 Å². The first-order valence-corrected chi connectivity index (χ1v) is 58.1. The maximum Gasteiger partial charge on any atom is 0.333 e. The Labute approximate surface area is 863 Å². The third kappa shape index (κ3) is 60.3. The van der Waals surface area contributed by atoms with Crippen molar-refractivity contribution >= 4 is 41.8 Å². The SMILES string of the molecule is C=C(C)C(=O)OCCOc1c2cc(CCCCCCCCCCCCCCCCCC)cc1Cc1cc(CCCCCCCCCCCCCCCCCC)cc(c1OCCOC(=O)CC(=O)OC)Cc1cc(CCCCCCCCCCCCCCCCCC)cc(c1OCCOC(=O)CC(=O)OC)Cc1cc(CCCCCCCCCCCCCCCCCC)cc(c1OCCOC(=O)CC(=O)OC)C2. The van der Waals surface area contributed by atoms with Gasteiger partial charge in [-0.15, -0.1) is 0 Å². The van der Waals surface area contributed by atoms with E-state index in [1.807, 2.05) is 0 Å². The number of benzene rings is 4. The van der Waals surface area contributed by atoms with Crippen LogP contribution in [0.4, 0.5) is 0 Å². The van der Waals surface area contributed by atoms with E-state index in [2.05, 4.69) is 82.8 Å². The first kappa shape index (κ1) is 125. The highest BCUT2D eigenvalue weighted by molar-refractivity contribution is 5.92. The Bertz CT molecular complexity index is 3830. The van der Waals surface area contributed by atoms with Crippen molar-refractivity contribution in [2.24, 2.45) is 0 Å². The summed E-state index contributed by atoms with van der Waals surface area (Å²) in [6.07, 6.45) is 83.5. The highest BCUT2D eigenvalue weighted by Gasteiger charge is 2.27. The zero-order valence-electron chi connectivity index (χ0n) is 91.4. The summed E-state index contributed by atoms with van der Waals surface area (Å²) in [6.45, 7) is 14.0. The molecule has 0 spiro atoms. The molecule has 18 nitrogen and oxygen atoms in total. The average molecular weight is 1980 g/mol. The molecule has 0 saturated carbocycles. The van der Waals surface area contributed by atoms with Crippen LogP contribution in [0.2, 0.25) is 0 Å². The third-order valence-corrected chi connectivity index (χ3v) is 28.2. The van der Waals surface area contributed by atoms with Crippen LogP contribution in [0.3, 0.4) is 0 Å². The largest absolute Gasteiger partial charge is 0.489 e. The molecule has 4 aromatic rings. The summed E-state index contributed by atoms with van der Waals surface area (Å²) in [5.74, 6) is -2.37. The van der Waals surface area contributed by atoms with Crippen molar-refractivity contribution < 1.29 is 85.7 Å². The smallest absolute Gasteiger partial charge is 0.333 e. The van der Waals surface area contributed by atoms with E-state index in [1.54, 1.807) is 6.92 Å². The van der Waals surface area contributed by atoms with Gasteiger partial charge >= 0.3 is 41.8 Å². The second-order valence-corrected chi connectivity index (χ2v) is 41.1. The van der Waals surface area contributed by atoms with Crippen LogP contribution in [0.1, 0.15) is 532 Å². The normalized spacial score (nSPS) is 11.7. The molecule has 0 N–H and O–H groups in total. The van der Waals surface area contributed by atoms with Crippen LogP contribution in [0.25, 0.3) is 0 Å². The van der Waals surface area contributed by atoms with E-state index in [0.717, 1.165) is 169 Å². The quantitative estimate of drug-likeness (QED) is 0.0116. The van der Waals surface area contributed by atoms with Crippen molar-refractivity contribution in [3.05, 3.63) is 127 Å². The number of esters is 7. The molecule has 142 heavy (non-hydrogen) atoms. The molecule has 0 fully saturated rings. The standard InChI is InChI=1S/C124H200O18/c1-10-14-18-22-26-30-34-38-42-46-50-54-58-62-66-70-74-102-86-106-94-108-88-103(75-71-67-63-59-55-51-47-43-39-35-31-27-23-19-15-11-2)90-110(121(108)139-82-79-136-118(129)99-115(126)133-8)96-112-92-105(77-73-69-65-61-57-53-49-45-41-37-33-29-25-21-17-13-4)93-113(123(112)141-84-85-142-124(131)101(5)6)97-111-91-104(76-72-68-64-60-56-52-48-44-40-36-32-28-24-20-16-12-3)89-109(122(111)140-83-80-137-119(130)100-116(127)134-9)95-107(87-102)120(106)138-81-78-135-117(128)98-114(125)132-7/h86-93H,5,10-85,94-100H2,1-4,6-9H3. The molecule has 0 saturated heterocycles. The molecule has 0 radical (unpaired) electrons. The number of rotatable bonds is 91. The van der Waals surface area contributed by atoms with Crippen molar-refractivity contribution in [3.63, 3.8) is 0 Å². The van der Waals surface area contributed by atoms with Crippen LogP contribution in [0.5, 0.6) is 23.0 Å². The number of carbonyl (C=O) groups excluding carboxylic acids is 7. The van der Waals surface area contributed by atoms with Gasteiger partial charge in [-0.25, -0.2) is 4.79 Å². The molecule has 18 heteroatoms. The lowest BCUT2D eigenvalue weighted by Crippen LogP contribution is -2.18. The molecular weight excluding hydrogens is 1780 g/mol. The van der Waals surface area contributed by atoms with Gasteiger partial charge in [0.1, 0.15) is 95.1 Å². The van der Waals surface area contributed by atoms with Crippen molar-refractivity contribution in [1.82, 2.24) is 0 Å². The first-order chi connectivity index (χ1) is 69.5. The Kier molecular flexibility index (Phi) is 73.9. The number of methoxy groups -OCH3 is 3. The van der Waals surface area contributed by atoms with Gasteiger partial charge < -0.3 is 52.1 Å². The minimum absolute atomic E-state index is 0.0247. The van der Waals surface area contributed by atoms with Gasteiger partial charge in [0.05, 0.1) is 21.3 Å². The molecule has 8 bridgehead atoms. The number of carbonyl (C=O) groups is 7. The minimum atomic E-state index is -0.735. The number of ether oxygens (including phenoxy) is 11. The van der Waals surface area contributed by atoms with Crippen LogP contribution >= 0.6 is 0 Å². The second-order valence-electron chi connectivity index (χ2n) is 41.1. The molecule has 5 rings (SSSR count). The molecule has 0 amide bonds. The zero-order valence-corrected chi connectivity index (χ0v) is 91.4. The van der Waals surface area contributed by atoms with Gasteiger partial charge in [0.25, 0.3) is 0 Å². The van der Waals surface area contributed by atoms with Crippen molar-refractivity contribution in [3.8, 4) is 23.0 Å². The maximum atomic E-state index is 13.4. The summed E-state index contributed by atoms with van der Waals surface area (Å²) in [6, 6.07) is 18.4. The summed E-state index contributed by atoms with van der Waals surface area (Å²) >= 11 is 0. The van der Waals surface area contributed by atoms with E-state index in [1.165, 1.54) is 355 Å². The monoisotopic (exact) mass is 1980 g/mol. The predicted octanol–water partition coefficient (Wildman–Crippen LogP) is 32.5. The lowest BCUT2D eigenvalue weighted by molar-refractivity contribution is -0.155. The summed E-state index contributed by atoms with van der Waals surface area (Å²) in [5.41, 5.74) is 11.9. The summed E-state index contributed by atoms with van der Waals surface area (Å²) in [5, 5.41) is 0. The Morgan fingerprint density at radius 2 is 0.359 bits per heavy atom. The van der Waals surface area contributed by atoms with Crippen LogP contribution < -0.4 is 18.9 Å². The Morgan fingerprint density at radius 3 is 0.507 bits per heavy atom. The maximum absolute atomic E-state index is 13.4. The van der Waals surface area contributed by atoms with Gasteiger partial charge in [0, 0.05) is 31.3 Å². The summed E-state index contributed by atoms with van der Waals surface area (Å²) < 4.78 is 66.9. The van der Waals surface area contributed by atoms with Gasteiger partial charge in [0.2, 0.25) is 0 Å². The molecular formula is C124H200O18. The van der Waals surface area contributed by atoms with E-state index >= 15 is 0 Å². The second kappa shape index (κ2) is 84.2. The number of hydrogen-bond acceptors (Lipinski definition) is 18. The third-order valence-electron chi connectivity index (χ3n) is 28.2. The van der Waals surface area contributed by atoms with Gasteiger partial charge in [-0.3, -0.25) is 28.8 Å². The Morgan fingerprint density at radius 1 is 0.211 bits per heavy atom. The highest BCUT2D eigenvalue weighted by atomic mass is 16.6. The van der Waals surface area contributed by atoms with E-state index < -0.39 is 61.0 Å². The number of fused-ring (bicyclic) bond motifs is 8. The van der Waals surface area contributed by atoms with Gasteiger partial charge in [-0.2, -0.15) is 0 Å². The average Bonchev–Trinajstić information content (AvgIpc) is 0.770. The van der Waals surface area contributed by atoms with E-state index in [4.69, 9.17) is 52.1 Å². The van der Waals surface area contributed by atoms with Crippen LogP contribution in [-0.2, 0) is 118 Å². The highest BCUT2D eigenvalue weighted by Crippen LogP contribution is 2.43. The van der Waals surface area contributed by atoms with Crippen molar-refractivity contribution in [1.29, 1.82) is 0 Å². The molecule has 0 aliphatic heterocycles. The van der Waals surface area contributed by atoms with Crippen LogP contribution in [0.15, 0.2) is 60.7 Å². The number of hydrogen-bond donors (Lipinski definition) is 0. The fraction of sp³-hybridized carbons (Fsp3) is 0.734. The van der Waals surface area contributed by atoms with E-state index in [9.17, 15) is 33.6 Å². The lowest BCUT2D eigenvalue weighted by atomic mass is 9.86. The molecule has 0 unspecified atom stereocenters. The van der Waals surface area contributed by atoms with Gasteiger partial charge in [0.15, 0.2) is 0 Å². The summed E-state index contributed by atoms with van der Waals surface area (Å²) in [7, 11) is 3.74. The Balaban J connectivity index is 1.78. The fourth-order valence-electron chi connectivity index (χ4n) is 20.0. The zero-order chi connectivity index (χ0) is 102. The molecule has 804 valence electrons. The molecule has 0 heterocycles. The van der Waals surface area contributed by atoms with Gasteiger partial charge in [-0.05, 0) is 125 Å². The lowest BCUT2D eigenvalue weighted by Gasteiger charge is -2.25. The molecule has 1 aliphatic carbocycles. The first-order valence-electron chi connectivity index (χ1n) is 58.1. The summed E-state index contributed by atoms with van der Waals surface area (Å²) in [4.78, 5) is 91.0.